The molecule has 0 fully saturated rings. The summed E-state index contributed by atoms with van der Waals surface area (Å²) in [5, 5.41) is 18.6. The van der Waals surface area contributed by atoms with Gasteiger partial charge in [0.25, 0.3) is 0 Å². The van der Waals surface area contributed by atoms with E-state index in [1.165, 1.54) is 7.11 Å². The van der Waals surface area contributed by atoms with Gasteiger partial charge in [-0.25, -0.2) is 4.79 Å². The summed E-state index contributed by atoms with van der Waals surface area (Å²) >= 11 is 0. The molecule has 0 spiro atoms. The molecule has 0 aliphatic carbocycles. The van der Waals surface area contributed by atoms with Crippen molar-refractivity contribution in [2.45, 2.75) is 6.42 Å². The molecule has 0 saturated heterocycles. The molecule has 0 aliphatic heterocycles. The molecule has 1 heterocycles. The molecule has 1 N–H and O–H groups in total. The molecule has 94 valence electrons. The fourth-order valence-corrected chi connectivity index (χ4v) is 2.01. The smallest absolute Gasteiger partial charge is 0.354 e. The molecule has 1 aromatic heterocycles. The molecule has 0 bridgehead atoms. The Kier molecular flexibility index (Phi) is 3.49. The van der Waals surface area contributed by atoms with E-state index < -0.39 is 11.9 Å². The number of nitrogens with one attached hydrogen (secondary N) is 1. The number of hydrogen-bond donors (Lipinski definition) is 1. The van der Waals surface area contributed by atoms with Crippen LogP contribution in [-0.4, -0.2) is 18.1 Å². The van der Waals surface area contributed by atoms with Crippen LogP contribution in [0.15, 0.2) is 24.3 Å². The monoisotopic (exact) mass is 253 g/mol. The third kappa shape index (κ3) is 2.27. The van der Waals surface area contributed by atoms with E-state index in [1.54, 1.807) is 0 Å². The Hall–Kier alpha value is -2.79. The number of fused-ring (bicyclic) bond motifs is 1. The summed E-state index contributed by atoms with van der Waals surface area (Å²) in [7, 11) is 1.30. The number of nitrogens with zero attached hydrogens (tertiary/aromatic N) is 2. The first kappa shape index (κ1) is 12.7. The lowest BCUT2D eigenvalue weighted by Crippen LogP contribution is -2.08. The van der Waals surface area contributed by atoms with Crippen molar-refractivity contribution in [3.8, 4) is 12.1 Å². The van der Waals surface area contributed by atoms with Crippen molar-refractivity contribution < 1.29 is 9.53 Å². The van der Waals surface area contributed by atoms with E-state index in [0.717, 1.165) is 10.9 Å². The van der Waals surface area contributed by atoms with Crippen molar-refractivity contribution in [2.75, 3.05) is 7.11 Å². The SMILES string of the molecule is COC(=O)c1[nH]c2ccccc2c1CC(C#N)C#N. The van der Waals surface area contributed by atoms with Crippen LogP contribution in [0.1, 0.15) is 16.1 Å². The van der Waals surface area contributed by atoms with Crippen molar-refractivity contribution in [3.63, 3.8) is 0 Å². The first-order valence-corrected chi connectivity index (χ1v) is 5.68. The molecule has 2 rings (SSSR count). The van der Waals surface area contributed by atoms with Crippen LogP contribution in [0.3, 0.4) is 0 Å². The summed E-state index contributed by atoms with van der Waals surface area (Å²) in [4.78, 5) is 14.7. The number of ether oxygens (including phenoxy) is 1. The van der Waals surface area contributed by atoms with Gasteiger partial charge in [-0.3, -0.25) is 0 Å². The Labute approximate surface area is 110 Å². The summed E-state index contributed by atoms with van der Waals surface area (Å²) in [6.45, 7) is 0. The highest BCUT2D eigenvalue weighted by Crippen LogP contribution is 2.25. The average molecular weight is 253 g/mol. The number of benzene rings is 1. The predicted octanol–water partition coefficient (Wildman–Crippen LogP) is 2.16. The molecule has 0 radical (unpaired) electrons. The van der Waals surface area contributed by atoms with Crippen LogP contribution in [0.25, 0.3) is 10.9 Å². The zero-order valence-electron chi connectivity index (χ0n) is 10.3. The van der Waals surface area contributed by atoms with E-state index in [-0.39, 0.29) is 6.42 Å². The predicted molar refractivity (Wildman–Crippen MR) is 68.1 cm³/mol. The van der Waals surface area contributed by atoms with Gasteiger partial charge in [0.05, 0.1) is 19.2 Å². The van der Waals surface area contributed by atoms with Gasteiger partial charge in [0.2, 0.25) is 0 Å². The second kappa shape index (κ2) is 5.24. The molecule has 1 aromatic carbocycles. The Balaban J connectivity index is 2.59. The number of nitriles is 2. The highest BCUT2D eigenvalue weighted by Gasteiger charge is 2.21. The zero-order chi connectivity index (χ0) is 13.8. The van der Waals surface area contributed by atoms with Gasteiger partial charge >= 0.3 is 5.97 Å². The van der Waals surface area contributed by atoms with Crippen LogP contribution in [0.2, 0.25) is 0 Å². The molecule has 2 aromatic rings. The van der Waals surface area contributed by atoms with Gasteiger partial charge in [-0.1, -0.05) is 18.2 Å². The number of hydrogen-bond acceptors (Lipinski definition) is 4. The van der Waals surface area contributed by atoms with Crippen molar-refractivity contribution in [3.05, 3.63) is 35.5 Å². The van der Waals surface area contributed by atoms with Gasteiger partial charge in [-0.2, -0.15) is 10.5 Å². The molecule has 0 atom stereocenters. The van der Waals surface area contributed by atoms with Gasteiger partial charge in [-0.15, -0.1) is 0 Å². The number of methoxy groups -OCH3 is 1. The number of H-pyrrole nitrogens is 1. The fraction of sp³-hybridized carbons (Fsp3) is 0.214. The molecule has 5 heteroatoms. The summed E-state index contributed by atoms with van der Waals surface area (Å²) < 4.78 is 4.72. The number of carbonyl (C=O) groups excluding carboxylic acids is 1. The number of esters is 1. The maximum atomic E-state index is 11.7. The zero-order valence-corrected chi connectivity index (χ0v) is 10.3. The van der Waals surface area contributed by atoms with Crippen LogP contribution < -0.4 is 0 Å². The average Bonchev–Trinajstić information content (AvgIpc) is 2.82. The molecule has 0 unspecified atom stereocenters. The molecule has 0 aliphatic rings. The highest BCUT2D eigenvalue weighted by atomic mass is 16.5. The van der Waals surface area contributed by atoms with Crippen LogP contribution in [0.5, 0.6) is 0 Å². The van der Waals surface area contributed by atoms with Crippen molar-refractivity contribution in [2.24, 2.45) is 5.92 Å². The minimum Gasteiger partial charge on any atom is -0.464 e. The van der Waals surface area contributed by atoms with E-state index in [9.17, 15) is 4.79 Å². The quantitative estimate of drug-likeness (QED) is 0.848. The number of carbonyl (C=O) groups is 1. The molecule has 0 saturated carbocycles. The third-order valence-electron chi connectivity index (χ3n) is 2.92. The lowest BCUT2D eigenvalue weighted by atomic mass is 9.99. The topological polar surface area (TPSA) is 89.7 Å². The third-order valence-corrected chi connectivity index (χ3v) is 2.92. The van der Waals surface area contributed by atoms with Crippen molar-refractivity contribution in [1.29, 1.82) is 10.5 Å². The lowest BCUT2D eigenvalue weighted by molar-refractivity contribution is 0.0594. The minimum absolute atomic E-state index is 0.196. The van der Waals surface area contributed by atoms with Gasteiger partial charge < -0.3 is 9.72 Å². The van der Waals surface area contributed by atoms with Crippen LogP contribution in [0.4, 0.5) is 0 Å². The van der Waals surface area contributed by atoms with Crippen LogP contribution >= 0.6 is 0 Å². The number of aromatic amines is 1. The Morgan fingerprint density at radius 3 is 2.68 bits per heavy atom. The maximum absolute atomic E-state index is 11.7. The van der Waals surface area contributed by atoms with Gasteiger partial charge in [0.1, 0.15) is 11.6 Å². The van der Waals surface area contributed by atoms with Gasteiger partial charge in [0.15, 0.2) is 0 Å². The summed E-state index contributed by atoms with van der Waals surface area (Å²) in [6.07, 6.45) is 0.196. The summed E-state index contributed by atoms with van der Waals surface area (Å²) in [5.74, 6) is -1.29. The van der Waals surface area contributed by atoms with Crippen molar-refractivity contribution >= 4 is 16.9 Å². The Morgan fingerprint density at radius 2 is 2.05 bits per heavy atom. The second-order valence-electron chi connectivity index (χ2n) is 4.03. The first-order chi connectivity index (χ1) is 9.21. The fourth-order valence-electron chi connectivity index (χ4n) is 2.01. The summed E-state index contributed by atoms with van der Waals surface area (Å²) in [5.41, 5.74) is 1.74. The maximum Gasteiger partial charge on any atom is 0.354 e. The van der Waals surface area contributed by atoms with Gasteiger partial charge in [0, 0.05) is 17.3 Å². The second-order valence-corrected chi connectivity index (χ2v) is 4.03. The van der Waals surface area contributed by atoms with Crippen molar-refractivity contribution in [1.82, 2.24) is 4.98 Å². The number of rotatable bonds is 3. The minimum atomic E-state index is -0.789. The highest BCUT2D eigenvalue weighted by molar-refractivity contribution is 5.98. The first-order valence-electron chi connectivity index (χ1n) is 5.68. The molecular formula is C14H11N3O2. The van der Waals surface area contributed by atoms with E-state index >= 15 is 0 Å². The standard InChI is InChI=1S/C14H11N3O2/c1-19-14(18)13-11(6-9(7-15)8-16)10-4-2-3-5-12(10)17-13/h2-5,9,17H,6H2,1H3. The summed E-state index contributed by atoms with van der Waals surface area (Å²) in [6, 6.07) is 11.2. The molecule has 19 heavy (non-hydrogen) atoms. The molecule has 0 amide bonds. The van der Waals surface area contributed by atoms with E-state index in [2.05, 4.69) is 4.98 Å². The lowest BCUT2D eigenvalue weighted by Gasteiger charge is -2.03. The molecule has 5 nitrogen and oxygen atoms in total. The molecular weight excluding hydrogens is 242 g/mol. The van der Waals surface area contributed by atoms with E-state index in [0.29, 0.717) is 11.3 Å². The largest absolute Gasteiger partial charge is 0.464 e. The van der Waals surface area contributed by atoms with E-state index in [1.807, 2.05) is 36.4 Å². The van der Waals surface area contributed by atoms with E-state index in [4.69, 9.17) is 15.3 Å². The number of para-hydroxylation sites is 1. The Bertz CT molecular complexity index is 690. The van der Waals surface area contributed by atoms with Crippen LogP contribution in [0, 0.1) is 28.6 Å². The van der Waals surface area contributed by atoms with Gasteiger partial charge in [-0.05, 0) is 11.6 Å². The van der Waals surface area contributed by atoms with Crippen LogP contribution in [-0.2, 0) is 11.2 Å². The Morgan fingerprint density at radius 1 is 1.37 bits per heavy atom. The number of aromatic nitrogens is 1. The normalized spacial score (nSPS) is 10.1.